The number of hydrazine groups is 1. The molecule has 0 fully saturated rings. The molecule has 6 heteroatoms. The minimum Gasteiger partial charge on any atom is -0.307 e. The van der Waals surface area contributed by atoms with E-state index in [1.165, 1.54) is 11.8 Å². The summed E-state index contributed by atoms with van der Waals surface area (Å²) in [4.78, 5) is 27.2. The van der Waals surface area contributed by atoms with Gasteiger partial charge in [-0.3, -0.25) is 15.2 Å². The van der Waals surface area contributed by atoms with Gasteiger partial charge >= 0.3 is 6.03 Å². The highest BCUT2D eigenvalue weighted by molar-refractivity contribution is 5.95. The molecule has 0 aliphatic heterocycles. The number of amides is 3. The number of anilines is 1. The molecule has 0 spiro atoms. The van der Waals surface area contributed by atoms with Crippen molar-refractivity contribution in [2.24, 2.45) is 0 Å². The second kappa shape index (κ2) is 7.04. The number of aromatic nitrogens is 1. The van der Waals surface area contributed by atoms with Gasteiger partial charge in [0.15, 0.2) is 0 Å². The molecule has 0 bridgehead atoms. The molecule has 0 atom stereocenters. The number of urea groups is 1. The summed E-state index contributed by atoms with van der Waals surface area (Å²) in [7, 11) is 0. The van der Waals surface area contributed by atoms with Gasteiger partial charge in [0.1, 0.15) is 5.69 Å². The van der Waals surface area contributed by atoms with Crippen LogP contribution in [0.4, 0.5) is 10.5 Å². The first-order valence-electron chi connectivity index (χ1n) is 6.56. The van der Waals surface area contributed by atoms with Crippen molar-refractivity contribution >= 4 is 17.6 Å². The first-order chi connectivity index (χ1) is 10.2. The zero-order valence-electron chi connectivity index (χ0n) is 11.6. The maximum atomic E-state index is 11.7. The third-order valence-electron chi connectivity index (χ3n) is 2.81. The van der Waals surface area contributed by atoms with Crippen LogP contribution in [-0.4, -0.2) is 16.9 Å². The molecule has 3 amide bonds. The third kappa shape index (κ3) is 4.31. The van der Waals surface area contributed by atoms with Crippen LogP contribution in [0, 0.1) is 0 Å². The van der Waals surface area contributed by atoms with Crippen molar-refractivity contribution < 1.29 is 9.59 Å². The number of nitrogens with zero attached hydrogens (tertiary/aromatic N) is 1. The second-order valence-corrected chi connectivity index (χ2v) is 4.30. The van der Waals surface area contributed by atoms with E-state index in [0.29, 0.717) is 5.69 Å². The summed E-state index contributed by atoms with van der Waals surface area (Å²) < 4.78 is 0. The quantitative estimate of drug-likeness (QED) is 0.755. The van der Waals surface area contributed by atoms with Crippen LogP contribution in [0.5, 0.6) is 0 Å². The molecule has 1 aromatic carbocycles. The Morgan fingerprint density at radius 2 is 1.81 bits per heavy atom. The van der Waals surface area contributed by atoms with Crippen LogP contribution >= 0.6 is 0 Å². The van der Waals surface area contributed by atoms with E-state index in [0.717, 1.165) is 6.42 Å². The molecule has 0 aliphatic rings. The molecule has 108 valence electrons. The number of carbonyl (C=O) groups excluding carboxylic acids is 2. The van der Waals surface area contributed by atoms with E-state index in [9.17, 15) is 9.59 Å². The van der Waals surface area contributed by atoms with Crippen molar-refractivity contribution in [3.63, 3.8) is 0 Å². The van der Waals surface area contributed by atoms with Crippen molar-refractivity contribution in [1.29, 1.82) is 0 Å². The Hall–Kier alpha value is -2.89. The SMILES string of the molecule is CCc1ccc(NC(=O)NNC(=O)c2ccccn2)cc1. The van der Waals surface area contributed by atoms with Gasteiger partial charge < -0.3 is 5.32 Å². The van der Waals surface area contributed by atoms with E-state index in [-0.39, 0.29) is 5.69 Å². The Kier molecular flexibility index (Phi) is 4.87. The fourth-order valence-corrected chi connectivity index (χ4v) is 1.66. The maximum Gasteiger partial charge on any atom is 0.337 e. The minimum absolute atomic E-state index is 0.227. The summed E-state index contributed by atoms with van der Waals surface area (Å²) in [6.07, 6.45) is 2.44. The largest absolute Gasteiger partial charge is 0.337 e. The van der Waals surface area contributed by atoms with E-state index in [4.69, 9.17) is 0 Å². The van der Waals surface area contributed by atoms with Crippen molar-refractivity contribution in [1.82, 2.24) is 15.8 Å². The predicted octanol–water partition coefficient (Wildman–Crippen LogP) is 2.11. The minimum atomic E-state index is -0.525. The number of hydrogen-bond acceptors (Lipinski definition) is 3. The lowest BCUT2D eigenvalue weighted by molar-refractivity contribution is 0.0933. The second-order valence-electron chi connectivity index (χ2n) is 4.30. The van der Waals surface area contributed by atoms with Crippen LogP contribution in [-0.2, 0) is 6.42 Å². The fraction of sp³-hybridized carbons (Fsp3) is 0.133. The average Bonchev–Trinajstić information content (AvgIpc) is 2.54. The molecular weight excluding hydrogens is 268 g/mol. The van der Waals surface area contributed by atoms with Gasteiger partial charge in [-0.25, -0.2) is 10.2 Å². The Balaban J connectivity index is 1.83. The van der Waals surface area contributed by atoms with E-state index in [2.05, 4.69) is 28.1 Å². The standard InChI is InChI=1S/C15H16N4O2/c1-2-11-6-8-12(9-7-11)17-15(21)19-18-14(20)13-5-3-4-10-16-13/h3-10H,2H2,1H3,(H,18,20)(H2,17,19,21). The summed E-state index contributed by atoms with van der Waals surface area (Å²) >= 11 is 0. The van der Waals surface area contributed by atoms with E-state index < -0.39 is 11.9 Å². The zero-order valence-corrected chi connectivity index (χ0v) is 11.6. The molecular formula is C15H16N4O2. The first-order valence-corrected chi connectivity index (χ1v) is 6.56. The van der Waals surface area contributed by atoms with Gasteiger partial charge in [0, 0.05) is 11.9 Å². The van der Waals surface area contributed by atoms with Gasteiger partial charge in [-0.15, -0.1) is 0 Å². The lowest BCUT2D eigenvalue weighted by Gasteiger charge is -2.09. The summed E-state index contributed by atoms with van der Waals surface area (Å²) in [6.45, 7) is 2.06. The van der Waals surface area contributed by atoms with Gasteiger partial charge in [0.2, 0.25) is 0 Å². The lowest BCUT2D eigenvalue weighted by Crippen LogP contribution is -2.44. The summed E-state index contributed by atoms with van der Waals surface area (Å²) in [5, 5.41) is 2.61. The fourth-order valence-electron chi connectivity index (χ4n) is 1.66. The Labute approximate surface area is 122 Å². The zero-order chi connectivity index (χ0) is 15.1. The molecule has 3 N–H and O–H groups in total. The molecule has 21 heavy (non-hydrogen) atoms. The van der Waals surface area contributed by atoms with Crippen molar-refractivity contribution in [2.45, 2.75) is 13.3 Å². The van der Waals surface area contributed by atoms with E-state index in [1.807, 2.05) is 12.1 Å². The summed E-state index contributed by atoms with van der Waals surface area (Å²) in [5.41, 5.74) is 6.61. The van der Waals surface area contributed by atoms with Crippen LogP contribution in [0.15, 0.2) is 48.7 Å². The molecule has 0 radical (unpaired) electrons. The number of aryl methyl sites for hydroxylation is 1. The number of rotatable bonds is 3. The Morgan fingerprint density at radius 3 is 2.43 bits per heavy atom. The highest BCUT2D eigenvalue weighted by Crippen LogP contribution is 2.09. The lowest BCUT2D eigenvalue weighted by atomic mass is 10.1. The van der Waals surface area contributed by atoms with Crippen molar-refractivity contribution in [3.8, 4) is 0 Å². The molecule has 1 aromatic heterocycles. The number of nitrogens with one attached hydrogen (secondary N) is 3. The molecule has 0 saturated carbocycles. The van der Waals surface area contributed by atoms with E-state index >= 15 is 0 Å². The average molecular weight is 284 g/mol. The molecule has 0 aliphatic carbocycles. The van der Waals surface area contributed by atoms with Crippen molar-refractivity contribution in [3.05, 3.63) is 59.9 Å². The normalized spacial score (nSPS) is 9.76. The van der Waals surface area contributed by atoms with Gasteiger partial charge in [0.25, 0.3) is 5.91 Å². The van der Waals surface area contributed by atoms with Gasteiger partial charge in [0.05, 0.1) is 0 Å². The number of carbonyl (C=O) groups is 2. The molecule has 1 heterocycles. The topological polar surface area (TPSA) is 83.1 Å². The van der Waals surface area contributed by atoms with Gasteiger partial charge in [-0.2, -0.15) is 0 Å². The van der Waals surface area contributed by atoms with Crippen LogP contribution < -0.4 is 16.2 Å². The van der Waals surface area contributed by atoms with Crippen molar-refractivity contribution in [2.75, 3.05) is 5.32 Å². The summed E-state index contributed by atoms with van der Waals surface area (Å²) in [5.74, 6) is -0.480. The smallest absolute Gasteiger partial charge is 0.307 e. The monoisotopic (exact) mass is 284 g/mol. The molecule has 0 unspecified atom stereocenters. The van der Waals surface area contributed by atoms with Crippen LogP contribution in [0.3, 0.4) is 0 Å². The maximum absolute atomic E-state index is 11.7. The highest BCUT2D eigenvalue weighted by atomic mass is 16.2. The molecule has 0 saturated heterocycles. The van der Waals surface area contributed by atoms with E-state index in [1.54, 1.807) is 30.3 Å². The molecule has 6 nitrogen and oxygen atoms in total. The highest BCUT2D eigenvalue weighted by Gasteiger charge is 2.07. The Morgan fingerprint density at radius 1 is 1.05 bits per heavy atom. The summed E-state index contributed by atoms with van der Waals surface area (Å²) in [6, 6.07) is 11.9. The number of hydrogen-bond donors (Lipinski definition) is 3. The van der Waals surface area contributed by atoms with Gasteiger partial charge in [-0.1, -0.05) is 25.1 Å². The number of pyridine rings is 1. The van der Waals surface area contributed by atoms with Gasteiger partial charge in [-0.05, 0) is 36.2 Å². The van der Waals surface area contributed by atoms with Crippen LogP contribution in [0.2, 0.25) is 0 Å². The number of benzene rings is 1. The third-order valence-corrected chi connectivity index (χ3v) is 2.81. The predicted molar refractivity (Wildman–Crippen MR) is 79.7 cm³/mol. The first kappa shape index (κ1) is 14.5. The molecule has 2 aromatic rings. The molecule has 2 rings (SSSR count). The Bertz CT molecular complexity index is 611. The van der Waals surface area contributed by atoms with Crippen LogP contribution in [0.25, 0.3) is 0 Å². The van der Waals surface area contributed by atoms with Crippen LogP contribution in [0.1, 0.15) is 23.0 Å².